The van der Waals surface area contributed by atoms with Crippen LogP contribution in [0.1, 0.15) is 37.8 Å². The number of hydrogen-bond donors (Lipinski definition) is 2. The van der Waals surface area contributed by atoms with E-state index < -0.39 is 10.6 Å². The van der Waals surface area contributed by atoms with Gasteiger partial charge in [-0.25, -0.2) is 4.52 Å². The number of fused-ring (bicyclic) bond motifs is 1. The Bertz CT molecular complexity index is 1240. The van der Waals surface area contributed by atoms with Gasteiger partial charge in [0.25, 0.3) is 0 Å². The summed E-state index contributed by atoms with van der Waals surface area (Å²) in [6.07, 6.45) is 11.5. The van der Waals surface area contributed by atoms with Gasteiger partial charge >= 0.3 is 0 Å². The molecule has 0 bridgehead atoms. The highest BCUT2D eigenvalue weighted by atomic mass is 32.3. The molecule has 2 N–H and O–H groups in total. The molecule has 1 saturated heterocycles. The van der Waals surface area contributed by atoms with Crippen molar-refractivity contribution in [2.75, 3.05) is 24.7 Å². The summed E-state index contributed by atoms with van der Waals surface area (Å²) in [7, 11) is -2.37. The summed E-state index contributed by atoms with van der Waals surface area (Å²) >= 11 is 0. The number of benzene rings is 1. The Morgan fingerprint density at radius 1 is 1.11 bits per heavy atom. The summed E-state index contributed by atoms with van der Waals surface area (Å²) in [5.74, 6) is 1.71. The van der Waals surface area contributed by atoms with E-state index in [9.17, 15) is 14.4 Å². The van der Waals surface area contributed by atoms with Crippen molar-refractivity contribution in [2.45, 2.75) is 38.2 Å². The number of rotatable bonds is 7. The molecule has 0 amide bonds. The lowest BCUT2D eigenvalue weighted by Gasteiger charge is -2.38. The van der Waals surface area contributed by atoms with Crippen molar-refractivity contribution in [1.29, 1.82) is 5.26 Å². The number of ether oxygens (including phenoxy) is 2. The Labute approximate surface area is 206 Å². The van der Waals surface area contributed by atoms with Gasteiger partial charge in [0.2, 0.25) is 0 Å². The van der Waals surface area contributed by atoms with E-state index >= 15 is 0 Å². The molecular formula is C26H30N4O4S. The highest BCUT2D eigenvalue weighted by molar-refractivity contribution is 8.24. The first kappa shape index (κ1) is 23.8. The van der Waals surface area contributed by atoms with Crippen LogP contribution in [0, 0.1) is 17.2 Å². The predicted octanol–water partition coefficient (Wildman–Crippen LogP) is 5.41. The molecule has 3 aromatic rings. The number of nitriles is 1. The maximum atomic E-state index is 9.70. The lowest BCUT2D eigenvalue weighted by molar-refractivity contribution is 0.0276. The largest absolute Gasteiger partial charge is 0.491 e. The Morgan fingerprint density at radius 3 is 2.63 bits per heavy atom. The van der Waals surface area contributed by atoms with E-state index in [0.717, 1.165) is 47.3 Å². The minimum atomic E-state index is -2.37. The van der Waals surface area contributed by atoms with E-state index in [1.807, 2.05) is 41.2 Å². The van der Waals surface area contributed by atoms with Crippen molar-refractivity contribution in [3.8, 4) is 22.9 Å². The van der Waals surface area contributed by atoms with Crippen LogP contribution in [-0.4, -0.2) is 54.5 Å². The first-order chi connectivity index (χ1) is 17.0. The zero-order valence-corrected chi connectivity index (χ0v) is 20.4. The van der Waals surface area contributed by atoms with Gasteiger partial charge < -0.3 is 9.47 Å². The molecule has 1 aromatic carbocycles. The molecule has 184 valence electrons. The van der Waals surface area contributed by atoms with Crippen LogP contribution in [-0.2, 0) is 4.74 Å². The quantitative estimate of drug-likeness (QED) is 0.422. The van der Waals surface area contributed by atoms with Gasteiger partial charge in [-0.05, 0) is 55.4 Å². The van der Waals surface area contributed by atoms with Crippen molar-refractivity contribution < 1.29 is 18.6 Å². The molecular weight excluding hydrogens is 464 g/mol. The summed E-state index contributed by atoms with van der Waals surface area (Å²) < 4.78 is 32.9. The first-order valence-corrected chi connectivity index (χ1v) is 13.9. The lowest BCUT2D eigenvalue weighted by Crippen LogP contribution is -2.27. The van der Waals surface area contributed by atoms with E-state index in [2.05, 4.69) is 22.2 Å². The maximum Gasteiger partial charge on any atom is 0.119 e. The molecule has 0 radical (unpaired) electrons. The van der Waals surface area contributed by atoms with Crippen molar-refractivity contribution in [2.24, 2.45) is 5.92 Å². The third-order valence-electron chi connectivity index (χ3n) is 6.73. The second kappa shape index (κ2) is 10.4. The average molecular weight is 495 g/mol. The monoisotopic (exact) mass is 494 g/mol. The number of hydrogen-bond acceptors (Lipinski definition) is 7. The topological polar surface area (TPSA) is 113 Å². The third-order valence-corrected chi connectivity index (χ3v) is 8.51. The zero-order chi connectivity index (χ0) is 24.3. The number of nitrogens with zero attached hydrogens (tertiary/aromatic N) is 4. The molecule has 1 aliphatic heterocycles. The van der Waals surface area contributed by atoms with E-state index in [1.165, 1.54) is 5.57 Å². The second-order valence-corrected chi connectivity index (χ2v) is 11.5. The fourth-order valence-electron chi connectivity index (χ4n) is 4.71. The molecule has 0 saturated carbocycles. The second-order valence-electron chi connectivity index (χ2n) is 9.11. The van der Waals surface area contributed by atoms with Gasteiger partial charge in [-0.3, -0.25) is 14.1 Å². The van der Waals surface area contributed by atoms with E-state index in [4.69, 9.17) is 9.47 Å². The third kappa shape index (κ3) is 5.52. The van der Waals surface area contributed by atoms with Crippen LogP contribution in [0.4, 0.5) is 0 Å². The van der Waals surface area contributed by atoms with Crippen LogP contribution < -0.4 is 4.74 Å². The highest BCUT2D eigenvalue weighted by Crippen LogP contribution is 2.44. The summed E-state index contributed by atoms with van der Waals surface area (Å²) in [6.45, 7) is 0.908. The van der Waals surface area contributed by atoms with Gasteiger partial charge in [-0.1, -0.05) is 18.2 Å². The van der Waals surface area contributed by atoms with Crippen molar-refractivity contribution in [1.82, 2.24) is 14.6 Å². The molecule has 1 atom stereocenters. The lowest BCUT2D eigenvalue weighted by atomic mass is 9.88. The Balaban J connectivity index is 1.23. The first-order valence-electron chi connectivity index (χ1n) is 12.0. The van der Waals surface area contributed by atoms with Gasteiger partial charge in [0.05, 0.1) is 42.1 Å². The van der Waals surface area contributed by atoms with E-state index in [-0.39, 0.29) is 12.0 Å². The molecule has 2 aliphatic rings. The number of allylic oxidation sites excluding steroid dienone is 2. The summed E-state index contributed by atoms with van der Waals surface area (Å²) in [4.78, 5) is 4.68. The van der Waals surface area contributed by atoms with Crippen LogP contribution in [0.3, 0.4) is 0 Å². The zero-order valence-electron chi connectivity index (χ0n) is 19.5. The minimum Gasteiger partial charge on any atom is -0.491 e. The molecule has 35 heavy (non-hydrogen) atoms. The van der Waals surface area contributed by atoms with Crippen LogP contribution in [0.5, 0.6) is 5.75 Å². The summed E-state index contributed by atoms with van der Waals surface area (Å²) in [6, 6.07) is 10.3. The van der Waals surface area contributed by atoms with Crippen molar-refractivity contribution >= 4 is 21.7 Å². The van der Waals surface area contributed by atoms with Gasteiger partial charge in [0.1, 0.15) is 12.4 Å². The molecule has 5 rings (SSSR count). The normalized spacial score (nSPS) is 21.3. The molecule has 8 nitrogen and oxygen atoms in total. The molecule has 2 aromatic heterocycles. The number of aromatic nitrogens is 3. The maximum absolute atomic E-state index is 9.70. The fourth-order valence-corrected chi connectivity index (χ4v) is 6.20. The molecule has 1 unspecified atom stereocenters. The Kier molecular flexibility index (Phi) is 7.07. The smallest absolute Gasteiger partial charge is 0.119 e. The standard InChI is InChI=1S/C26H30N4O4S/c27-17-19-1-3-21(4-2-19)25-26-24(18-29-30(26)12-11-28-25)20-5-7-22(8-6-20)33-13-14-34-23-9-15-35(31,32)16-10-23/h3,5-8,11-12,18-19,23,31-32H,1-2,4,9-10,13-16H2. The molecule has 1 fully saturated rings. The van der Waals surface area contributed by atoms with Gasteiger partial charge in [-0.2, -0.15) is 21.0 Å². The molecule has 1 aliphatic carbocycles. The summed E-state index contributed by atoms with van der Waals surface area (Å²) in [5, 5.41) is 13.7. The van der Waals surface area contributed by atoms with Crippen LogP contribution >= 0.6 is 10.6 Å². The predicted molar refractivity (Wildman–Crippen MR) is 136 cm³/mol. The minimum absolute atomic E-state index is 0.0735. The van der Waals surface area contributed by atoms with Crippen molar-refractivity contribution in [3.05, 3.63) is 54.6 Å². The molecule has 3 heterocycles. The van der Waals surface area contributed by atoms with E-state index in [0.29, 0.717) is 37.6 Å². The van der Waals surface area contributed by atoms with Gasteiger partial charge in [0, 0.05) is 29.5 Å². The van der Waals surface area contributed by atoms with E-state index in [1.54, 1.807) is 6.20 Å². The molecule has 0 spiro atoms. The van der Waals surface area contributed by atoms with Crippen molar-refractivity contribution in [3.63, 3.8) is 0 Å². The van der Waals surface area contributed by atoms with Crippen LogP contribution in [0.2, 0.25) is 0 Å². The SMILES string of the molecule is N#CC1CC=C(c2nccn3ncc(-c4ccc(OCCOC5CCS(O)(O)CC5)cc4)c23)CC1. The highest BCUT2D eigenvalue weighted by Gasteiger charge is 2.24. The Morgan fingerprint density at radius 2 is 1.91 bits per heavy atom. The average Bonchev–Trinajstić information content (AvgIpc) is 3.32. The molecule has 9 heteroatoms. The van der Waals surface area contributed by atoms with Crippen LogP contribution in [0.15, 0.2) is 48.9 Å². The summed E-state index contributed by atoms with van der Waals surface area (Å²) in [5.41, 5.74) is 5.12. The fraction of sp³-hybridized carbons (Fsp3) is 0.423. The van der Waals surface area contributed by atoms with Crippen LogP contribution in [0.25, 0.3) is 22.2 Å². The van der Waals surface area contributed by atoms with Gasteiger partial charge in [0.15, 0.2) is 0 Å². The Hall–Kier alpha value is -2.90. The van der Waals surface area contributed by atoms with Gasteiger partial charge in [-0.15, -0.1) is 0 Å².